The smallest absolute Gasteiger partial charge is 0.258 e. The fraction of sp³-hybridized carbons (Fsp3) is 0.353. The molecule has 6 nitrogen and oxygen atoms in total. The van der Waals surface area contributed by atoms with Crippen LogP contribution in [0.25, 0.3) is 0 Å². The molecule has 0 spiro atoms. The largest absolute Gasteiger partial charge is 0.338 e. The molecule has 0 bridgehead atoms. The molecule has 2 N–H and O–H groups in total. The summed E-state index contributed by atoms with van der Waals surface area (Å²) in [5.74, 6) is -1.49. The van der Waals surface area contributed by atoms with Crippen molar-refractivity contribution >= 4 is 62.3 Å². The quantitative estimate of drug-likeness (QED) is 0.642. The first kappa shape index (κ1) is 21.4. The summed E-state index contributed by atoms with van der Waals surface area (Å²) in [6, 6.07) is 3.20. The highest BCUT2D eigenvalue weighted by molar-refractivity contribution is 9.11. The maximum Gasteiger partial charge on any atom is 0.258 e. The van der Waals surface area contributed by atoms with Crippen LogP contribution in [-0.2, 0) is 11.2 Å². The van der Waals surface area contributed by atoms with Gasteiger partial charge in [-0.15, -0.1) is 11.3 Å². The standard InChI is InChI=1S/C17H16BrCl2FN4O2S/c18-12-2-1-9(28-12)7-11(22)16(26)24-3-5-25(6-4-24)17(27)13-14(19)10(21)8-23-15(13)20/h1-2,8,11H,3-7,22H2. The Bertz CT molecular complexity index is 905. The number of amides is 2. The van der Waals surface area contributed by atoms with Crippen LogP contribution >= 0.6 is 50.5 Å². The molecule has 3 heterocycles. The molecule has 0 saturated carbocycles. The molecule has 2 aromatic heterocycles. The Morgan fingerprint density at radius 1 is 1.25 bits per heavy atom. The Labute approximate surface area is 183 Å². The van der Waals surface area contributed by atoms with Gasteiger partial charge in [0, 0.05) is 37.5 Å². The van der Waals surface area contributed by atoms with E-state index in [0.29, 0.717) is 19.5 Å². The zero-order chi connectivity index (χ0) is 20.4. The lowest BCUT2D eigenvalue weighted by Gasteiger charge is -2.36. The number of carbonyl (C=O) groups is 2. The molecule has 2 amide bonds. The van der Waals surface area contributed by atoms with E-state index in [1.807, 2.05) is 12.1 Å². The number of nitrogens with zero attached hydrogens (tertiary/aromatic N) is 3. The Morgan fingerprint density at radius 2 is 1.89 bits per heavy atom. The molecule has 1 unspecified atom stereocenters. The van der Waals surface area contributed by atoms with Gasteiger partial charge in [-0.1, -0.05) is 23.2 Å². The predicted molar refractivity (Wildman–Crippen MR) is 110 cm³/mol. The average molecular weight is 510 g/mol. The maximum absolute atomic E-state index is 13.6. The normalized spacial score (nSPS) is 15.6. The van der Waals surface area contributed by atoms with Crippen molar-refractivity contribution in [2.75, 3.05) is 26.2 Å². The van der Waals surface area contributed by atoms with Gasteiger partial charge < -0.3 is 15.5 Å². The second-order valence-electron chi connectivity index (χ2n) is 6.22. The van der Waals surface area contributed by atoms with Crippen molar-refractivity contribution in [3.63, 3.8) is 0 Å². The van der Waals surface area contributed by atoms with Gasteiger partial charge in [-0.05, 0) is 28.1 Å². The summed E-state index contributed by atoms with van der Waals surface area (Å²) in [4.78, 5) is 33.0. The first-order chi connectivity index (χ1) is 13.3. The Hall–Kier alpha value is -1.26. The van der Waals surface area contributed by atoms with E-state index in [0.717, 1.165) is 14.9 Å². The van der Waals surface area contributed by atoms with Crippen LogP contribution in [0.5, 0.6) is 0 Å². The molecule has 2 aromatic rings. The lowest BCUT2D eigenvalue weighted by Crippen LogP contribution is -2.54. The number of thiophene rings is 1. The Morgan fingerprint density at radius 3 is 2.50 bits per heavy atom. The van der Waals surface area contributed by atoms with Crippen LogP contribution in [0.2, 0.25) is 10.2 Å². The second-order valence-corrected chi connectivity index (χ2v) is 9.50. The number of pyridine rings is 1. The van der Waals surface area contributed by atoms with Gasteiger partial charge in [0.2, 0.25) is 5.91 Å². The van der Waals surface area contributed by atoms with E-state index >= 15 is 0 Å². The minimum Gasteiger partial charge on any atom is -0.338 e. The van der Waals surface area contributed by atoms with Crippen LogP contribution in [0.4, 0.5) is 4.39 Å². The molecule has 1 aliphatic heterocycles. The van der Waals surface area contributed by atoms with Gasteiger partial charge in [-0.25, -0.2) is 9.37 Å². The molecule has 3 rings (SSSR count). The molecule has 11 heteroatoms. The molecule has 1 fully saturated rings. The fourth-order valence-electron chi connectivity index (χ4n) is 2.91. The van der Waals surface area contributed by atoms with E-state index in [1.165, 1.54) is 16.2 Å². The lowest BCUT2D eigenvalue weighted by molar-refractivity contribution is -0.134. The maximum atomic E-state index is 13.6. The molecule has 1 aliphatic rings. The summed E-state index contributed by atoms with van der Waals surface area (Å²) in [7, 11) is 0. The van der Waals surface area contributed by atoms with E-state index in [1.54, 1.807) is 4.90 Å². The molecule has 150 valence electrons. The third-order valence-electron chi connectivity index (χ3n) is 4.39. The summed E-state index contributed by atoms with van der Waals surface area (Å²) in [6.45, 7) is 1.19. The number of aromatic nitrogens is 1. The molecule has 1 atom stereocenters. The number of nitrogens with two attached hydrogens (primary N) is 1. The van der Waals surface area contributed by atoms with E-state index in [-0.39, 0.29) is 34.7 Å². The predicted octanol–water partition coefficient (Wildman–Crippen LogP) is 3.21. The van der Waals surface area contributed by atoms with Gasteiger partial charge in [0.15, 0.2) is 5.82 Å². The number of piperazine rings is 1. The zero-order valence-corrected chi connectivity index (χ0v) is 18.4. The van der Waals surface area contributed by atoms with Crippen molar-refractivity contribution in [3.8, 4) is 0 Å². The third kappa shape index (κ3) is 4.65. The number of hydrogen-bond acceptors (Lipinski definition) is 5. The van der Waals surface area contributed by atoms with Crippen molar-refractivity contribution in [1.82, 2.24) is 14.8 Å². The monoisotopic (exact) mass is 508 g/mol. The Balaban J connectivity index is 1.60. The topological polar surface area (TPSA) is 79.5 Å². The van der Waals surface area contributed by atoms with E-state index in [4.69, 9.17) is 28.9 Å². The first-order valence-corrected chi connectivity index (χ1v) is 10.7. The van der Waals surface area contributed by atoms with Crippen molar-refractivity contribution in [2.45, 2.75) is 12.5 Å². The van der Waals surface area contributed by atoms with E-state index in [2.05, 4.69) is 20.9 Å². The highest BCUT2D eigenvalue weighted by Gasteiger charge is 2.30. The molecule has 0 aliphatic carbocycles. The van der Waals surface area contributed by atoms with Gasteiger partial charge in [-0.3, -0.25) is 9.59 Å². The van der Waals surface area contributed by atoms with Gasteiger partial charge >= 0.3 is 0 Å². The lowest BCUT2D eigenvalue weighted by atomic mass is 10.1. The van der Waals surface area contributed by atoms with Gasteiger partial charge in [0.05, 0.1) is 26.6 Å². The van der Waals surface area contributed by atoms with E-state index in [9.17, 15) is 14.0 Å². The first-order valence-electron chi connectivity index (χ1n) is 8.35. The summed E-state index contributed by atoms with van der Waals surface area (Å²) >= 11 is 16.7. The third-order valence-corrected chi connectivity index (χ3v) is 6.69. The van der Waals surface area contributed by atoms with Crippen LogP contribution in [0.3, 0.4) is 0 Å². The molecule has 0 radical (unpaired) electrons. The van der Waals surface area contributed by atoms with Crippen LogP contribution in [0.15, 0.2) is 22.1 Å². The molecular weight excluding hydrogens is 494 g/mol. The summed E-state index contributed by atoms with van der Waals surface area (Å²) < 4.78 is 14.6. The van der Waals surface area contributed by atoms with Crippen molar-refractivity contribution in [1.29, 1.82) is 0 Å². The van der Waals surface area contributed by atoms with Gasteiger partial charge in [-0.2, -0.15) is 0 Å². The summed E-state index contributed by atoms with van der Waals surface area (Å²) in [6.07, 6.45) is 1.32. The number of rotatable bonds is 4. The minimum atomic E-state index is -0.811. The highest BCUT2D eigenvalue weighted by Crippen LogP contribution is 2.27. The van der Waals surface area contributed by atoms with Gasteiger partial charge in [0.25, 0.3) is 5.91 Å². The number of carbonyl (C=O) groups excluding carboxylic acids is 2. The van der Waals surface area contributed by atoms with E-state index < -0.39 is 17.8 Å². The van der Waals surface area contributed by atoms with Crippen LogP contribution in [0, 0.1) is 5.82 Å². The SMILES string of the molecule is NC(Cc1ccc(Br)s1)C(=O)N1CCN(C(=O)c2c(Cl)ncc(F)c2Cl)CC1. The number of halogens is 4. The highest BCUT2D eigenvalue weighted by atomic mass is 79.9. The molecular formula is C17H16BrCl2FN4O2S. The molecule has 0 aromatic carbocycles. The molecule has 1 saturated heterocycles. The second kappa shape index (κ2) is 9.04. The number of hydrogen-bond donors (Lipinski definition) is 1. The van der Waals surface area contributed by atoms with Gasteiger partial charge in [0.1, 0.15) is 5.15 Å². The summed E-state index contributed by atoms with van der Waals surface area (Å²) in [5.41, 5.74) is 5.90. The van der Waals surface area contributed by atoms with Crippen LogP contribution in [-0.4, -0.2) is 58.8 Å². The Kier molecular flexibility index (Phi) is 6.93. The van der Waals surface area contributed by atoms with Crippen LogP contribution < -0.4 is 5.73 Å². The molecule has 28 heavy (non-hydrogen) atoms. The zero-order valence-electron chi connectivity index (χ0n) is 14.5. The van der Waals surface area contributed by atoms with Crippen molar-refractivity contribution in [2.24, 2.45) is 5.73 Å². The fourth-order valence-corrected chi connectivity index (χ4v) is 4.95. The minimum absolute atomic E-state index is 0.154. The summed E-state index contributed by atoms with van der Waals surface area (Å²) in [5, 5.41) is -0.508. The van der Waals surface area contributed by atoms with Crippen molar-refractivity contribution < 1.29 is 14.0 Å². The van der Waals surface area contributed by atoms with Crippen molar-refractivity contribution in [3.05, 3.63) is 48.5 Å². The van der Waals surface area contributed by atoms with Crippen LogP contribution in [0.1, 0.15) is 15.2 Å². The average Bonchev–Trinajstić information content (AvgIpc) is 3.09.